The van der Waals surface area contributed by atoms with E-state index in [1.165, 1.54) is 31.5 Å². The zero-order valence-corrected chi connectivity index (χ0v) is 15.6. The van der Waals surface area contributed by atoms with Gasteiger partial charge in [0.05, 0.1) is 7.11 Å². The van der Waals surface area contributed by atoms with Gasteiger partial charge in [-0.25, -0.2) is 4.98 Å². The Kier molecular flexibility index (Phi) is 5.91. The second-order valence-electron chi connectivity index (χ2n) is 6.42. The Morgan fingerprint density at radius 2 is 1.81 bits per heavy atom. The van der Waals surface area contributed by atoms with Crippen molar-refractivity contribution in [1.29, 1.82) is 0 Å². The number of H-pyrrole nitrogens is 1. The summed E-state index contributed by atoms with van der Waals surface area (Å²) in [5.74, 6) is 2.28. The van der Waals surface area contributed by atoms with E-state index >= 15 is 0 Å². The van der Waals surface area contributed by atoms with Crippen LogP contribution in [0.4, 0.5) is 0 Å². The predicted molar refractivity (Wildman–Crippen MR) is 106 cm³/mol. The van der Waals surface area contributed by atoms with Crippen molar-refractivity contribution in [3.05, 3.63) is 54.1 Å². The molecule has 0 unspecified atom stereocenters. The molecule has 0 bridgehead atoms. The lowest BCUT2D eigenvalue weighted by molar-refractivity contribution is 0.331. The number of hydrogen-bond acceptors (Lipinski definition) is 4. The van der Waals surface area contributed by atoms with Crippen LogP contribution in [0.15, 0.2) is 48.5 Å². The minimum atomic E-state index is 0. The number of methoxy groups -OCH3 is 1. The molecule has 3 aromatic rings. The SMILES string of the molecule is COc1cccc(-c2nc(-c3cccc(CN4CCCC4)c3)n[nH]2)c1.Cl. The van der Waals surface area contributed by atoms with Gasteiger partial charge in [0.15, 0.2) is 11.6 Å². The summed E-state index contributed by atoms with van der Waals surface area (Å²) in [5.41, 5.74) is 3.32. The first-order chi connectivity index (χ1) is 12.3. The molecule has 2 aromatic carbocycles. The molecule has 6 heteroatoms. The fourth-order valence-corrected chi connectivity index (χ4v) is 3.30. The van der Waals surface area contributed by atoms with Gasteiger partial charge in [-0.2, -0.15) is 5.10 Å². The van der Waals surface area contributed by atoms with Crippen LogP contribution in [-0.2, 0) is 6.54 Å². The molecular formula is C20H23ClN4O. The van der Waals surface area contributed by atoms with Gasteiger partial charge in [0, 0.05) is 17.7 Å². The summed E-state index contributed by atoms with van der Waals surface area (Å²) in [5, 5.41) is 7.44. The lowest BCUT2D eigenvalue weighted by atomic mass is 10.1. The quantitative estimate of drug-likeness (QED) is 0.732. The minimum absolute atomic E-state index is 0. The molecule has 1 fully saturated rings. The van der Waals surface area contributed by atoms with Gasteiger partial charge in [0.2, 0.25) is 0 Å². The van der Waals surface area contributed by atoms with Gasteiger partial charge in [-0.1, -0.05) is 30.3 Å². The Hall–Kier alpha value is -2.37. The maximum Gasteiger partial charge on any atom is 0.181 e. The average Bonchev–Trinajstić information content (AvgIpc) is 3.34. The van der Waals surface area contributed by atoms with Gasteiger partial charge in [0.25, 0.3) is 0 Å². The van der Waals surface area contributed by atoms with Crippen LogP contribution in [0.25, 0.3) is 22.8 Å². The maximum absolute atomic E-state index is 5.28. The molecule has 0 atom stereocenters. The van der Waals surface area contributed by atoms with Crippen LogP contribution >= 0.6 is 12.4 Å². The van der Waals surface area contributed by atoms with Crippen LogP contribution in [-0.4, -0.2) is 40.3 Å². The highest BCUT2D eigenvalue weighted by Gasteiger charge is 2.13. The number of nitrogens with one attached hydrogen (secondary N) is 1. The Bertz CT molecular complexity index is 858. The summed E-state index contributed by atoms with van der Waals surface area (Å²) >= 11 is 0. The van der Waals surface area contributed by atoms with E-state index in [4.69, 9.17) is 4.74 Å². The van der Waals surface area contributed by atoms with E-state index in [9.17, 15) is 0 Å². The van der Waals surface area contributed by atoms with Gasteiger partial charge >= 0.3 is 0 Å². The summed E-state index contributed by atoms with van der Waals surface area (Å²) in [7, 11) is 1.66. The molecule has 1 saturated heterocycles. The standard InChI is InChI=1S/C20H22N4O.ClH/c1-25-18-9-5-8-17(13-18)20-21-19(22-23-20)16-7-4-6-15(12-16)14-24-10-2-3-11-24;/h4-9,12-13H,2-3,10-11,14H2,1H3,(H,21,22,23);1H. The molecule has 26 heavy (non-hydrogen) atoms. The molecule has 2 heterocycles. The molecule has 4 rings (SSSR count). The van der Waals surface area contributed by atoms with Crippen LogP contribution in [0, 0.1) is 0 Å². The lowest BCUT2D eigenvalue weighted by Gasteiger charge is -2.14. The molecule has 0 saturated carbocycles. The first-order valence-corrected chi connectivity index (χ1v) is 8.70. The van der Waals surface area contributed by atoms with Crippen molar-refractivity contribution >= 4 is 12.4 Å². The highest BCUT2D eigenvalue weighted by molar-refractivity contribution is 5.85. The number of aromatic amines is 1. The summed E-state index contributed by atoms with van der Waals surface area (Å²) in [4.78, 5) is 7.16. The molecule has 0 radical (unpaired) electrons. The maximum atomic E-state index is 5.28. The molecule has 1 aliphatic heterocycles. The Balaban J connectivity index is 0.00000196. The first-order valence-electron chi connectivity index (χ1n) is 8.70. The fourth-order valence-electron chi connectivity index (χ4n) is 3.30. The molecule has 1 aromatic heterocycles. The van der Waals surface area contributed by atoms with Crippen LogP contribution < -0.4 is 4.74 Å². The van der Waals surface area contributed by atoms with Crippen molar-refractivity contribution in [1.82, 2.24) is 20.1 Å². The van der Waals surface area contributed by atoms with Crippen LogP contribution in [0.1, 0.15) is 18.4 Å². The lowest BCUT2D eigenvalue weighted by Crippen LogP contribution is -2.18. The second kappa shape index (κ2) is 8.34. The number of rotatable bonds is 5. The molecule has 0 spiro atoms. The summed E-state index contributed by atoms with van der Waals surface area (Å²) < 4.78 is 5.28. The summed E-state index contributed by atoms with van der Waals surface area (Å²) in [6, 6.07) is 16.3. The zero-order chi connectivity index (χ0) is 17.1. The molecule has 0 amide bonds. The third-order valence-corrected chi connectivity index (χ3v) is 4.62. The monoisotopic (exact) mass is 370 g/mol. The summed E-state index contributed by atoms with van der Waals surface area (Å²) in [6.45, 7) is 3.40. The number of hydrogen-bond donors (Lipinski definition) is 1. The number of likely N-dealkylation sites (tertiary alicyclic amines) is 1. The van der Waals surface area contributed by atoms with Crippen molar-refractivity contribution in [2.45, 2.75) is 19.4 Å². The van der Waals surface area contributed by atoms with Crippen molar-refractivity contribution in [2.24, 2.45) is 0 Å². The topological polar surface area (TPSA) is 54.0 Å². The van der Waals surface area contributed by atoms with E-state index < -0.39 is 0 Å². The largest absolute Gasteiger partial charge is 0.497 e. The third kappa shape index (κ3) is 4.06. The van der Waals surface area contributed by atoms with E-state index in [0.717, 1.165) is 35.1 Å². The summed E-state index contributed by atoms with van der Waals surface area (Å²) in [6.07, 6.45) is 2.62. The number of aromatic nitrogens is 3. The van der Waals surface area contributed by atoms with Gasteiger partial charge in [-0.3, -0.25) is 10.00 Å². The van der Waals surface area contributed by atoms with Crippen molar-refractivity contribution in [3.8, 4) is 28.5 Å². The van der Waals surface area contributed by atoms with Gasteiger partial charge < -0.3 is 4.74 Å². The van der Waals surface area contributed by atoms with Crippen LogP contribution in [0.5, 0.6) is 5.75 Å². The van der Waals surface area contributed by atoms with Crippen molar-refractivity contribution in [2.75, 3.05) is 20.2 Å². The van der Waals surface area contributed by atoms with E-state index in [1.54, 1.807) is 7.11 Å². The van der Waals surface area contributed by atoms with E-state index in [0.29, 0.717) is 0 Å². The number of halogens is 1. The van der Waals surface area contributed by atoms with Gasteiger partial charge in [0.1, 0.15) is 5.75 Å². The normalized spacial score (nSPS) is 14.2. The average molecular weight is 371 g/mol. The highest BCUT2D eigenvalue weighted by Crippen LogP contribution is 2.24. The molecule has 1 aliphatic rings. The van der Waals surface area contributed by atoms with Gasteiger partial charge in [-0.15, -0.1) is 12.4 Å². The minimum Gasteiger partial charge on any atom is -0.497 e. The molecular weight excluding hydrogens is 348 g/mol. The van der Waals surface area contributed by atoms with Gasteiger partial charge in [-0.05, 0) is 49.7 Å². The zero-order valence-electron chi connectivity index (χ0n) is 14.8. The Labute approximate surface area is 159 Å². The van der Waals surface area contributed by atoms with E-state index in [2.05, 4.69) is 44.3 Å². The highest BCUT2D eigenvalue weighted by atomic mass is 35.5. The van der Waals surface area contributed by atoms with Crippen LogP contribution in [0.2, 0.25) is 0 Å². The Morgan fingerprint density at radius 3 is 2.62 bits per heavy atom. The number of ether oxygens (including phenoxy) is 1. The number of nitrogens with zero attached hydrogens (tertiary/aromatic N) is 3. The smallest absolute Gasteiger partial charge is 0.181 e. The Morgan fingerprint density at radius 1 is 1.04 bits per heavy atom. The van der Waals surface area contributed by atoms with Crippen molar-refractivity contribution < 1.29 is 4.74 Å². The third-order valence-electron chi connectivity index (χ3n) is 4.62. The van der Waals surface area contributed by atoms with Crippen molar-refractivity contribution in [3.63, 3.8) is 0 Å². The first kappa shape index (κ1) is 18.4. The fraction of sp³-hybridized carbons (Fsp3) is 0.300. The second-order valence-corrected chi connectivity index (χ2v) is 6.42. The van der Waals surface area contributed by atoms with E-state index in [-0.39, 0.29) is 12.4 Å². The van der Waals surface area contributed by atoms with Crippen LogP contribution in [0.3, 0.4) is 0 Å². The molecule has 0 aliphatic carbocycles. The molecule has 5 nitrogen and oxygen atoms in total. The predicted octanol–water partition coefficient (Wildman–Crippen LogP) is 4.16. The number of benzene rings is 2. The molecule has 136 valence electrons. The molecule has 1 N–H and O–H groups in total. The van der Waals surface area contributed by atoms with E-state index in [1.807, 2.05) is 24.3 Å².